The number of aliphatic imine (C=N–C) groups is 1. The zero-order valence-electron chi connectivity index (χ0n) is 14.1. The van der Waals surface area contributed by atoms with Gasteiger partial charge >= 0.3 is 0 Å². The number of halogens is 2. The molecule has 0 unspecified atom stereocenters. The van der Waals surface area contributed by atoms with Crippen LogP contribution in [0.1, 0.15) is 36.8 Å². The van der Waals surface area contributed by atoms with E-state index in [0.29, 0.717) is 42.0 Å². The van der Waals surface area contributed by atoms with E-state index in [1.807, 2.05) is 6.07 Å². The summed E-state index contributed by atoms with van der Waals surface area (Å²) in [6.07, 6.45) is 0.464. The number of hydrogen-bond acceptors (Lipinski definition) is 3. The molecule has 2 aromatic rings. The molecule has 5 nitrogen and oxygen atoms in total. The van der Waals surface area contributed by atoms with E-state index >= 15 is 0 Å². The van der Waals surface area contributed by atoms with Gasteiger partial charge in [-0.05, 0) is 24.5 Å². The molecule has 130 valence electrons. The van der Waals surface area contributed by atoms with E-state index < -0.39 is 0 Å². The summed E-state index contributed by atoms with van der Waals surface area (Å²) in [4.78, 5) is 4.13. The maximum atomic E-state index is 13.7. The van der Waals surface area contributed by atoms with E-state index in [2.05, 4.69) is 34.6 Å². The first-order valence-electron chi connectivity index (χ1n) is 7.84. The molecule has 0 fully saturated rings. The molecule has 0 atom stereocenters. The summed E-state index contributed by atoms with van der Waals surface area (Å²) in [5.74, 6) is 1.37. The van der Waals surface area contributed by atoms with Gasteiger partial charge in [-0.1, -0.05) is 36.7 Å². The third-order valence-corrected chi connectivity index (χ3v) is 3.91. The second kappa shape index (κ2) is 8.68. The quantitative estimate of drug-likeness (QED) is 0.617. The average molecular weight is 353 g/mol. The molecule has 0 saturated carbocycles. The van der Waals surface area contributed by atoms with E-state index in [-0.39, 0.29) is 5.82 Å². The largest absolute Gasteiger partial charge is 0.359 e. The number of benzene rings is 1. The highest BCUT2D eigenvalue weighted by atomic mass is 35.5. The van der Waals surface area contributed by atoms with Gasteiger partial charge in [0, 0.05) is 30.2 Å². The molecule has 1 heterocycles. The highest BCUT2D eigenvalue weighted by Gasteiger charge is 2.09. The van der Waals surface area contributed by atoms with Gasteiger partial charge in [0.1, 0.15) is 5.82 Å². The predicted molar refractivity (Wildman–Crippen MR) is 93.9 cm³/mol. The van der Waals surface area contributed by atoms with Crippen molar-refractivity contribution >= 4 is 17.6 Å². The second-order valence-electron chi connectivity index (χ2n) is 5.68. The lowest BCUT2D eigenvalue weighted by atomic mass is 10.1. The molecule has 2 rings (SSSR count). The van der Waals surface area contributed by atoms with Crippen LogP contribution in [-0.4, -0.2) is 24.7 Å². The number of guanidine groups is 1. The van der Waals surface area contributed by atoms with Gasteiger partial charge in [-0.2, -0.15) is 0 Å². The molecule has 1 aromatic heterocycles. The molecule has 1 aromatic carbocycles. The van der Waals surface area contributed by atoms with E-state index in [0.717, 1.165) is 11.5 Å². The molecule has 0 aliphatic rings. The van der Waals surface area contributed by atoms with Crippen LogP contribution in [0.5, 0.6) is 0 Å². The fourth-order valence-electron chi connectivity index (χ4n) is 2.15. The lowest BCUT2D eigenvalue weighted by molar-refractivity contribution is 0.372. The van der Waals surface area contributed by atoms with Crippen LogP contribution in [0.3, 0.4) is 0 Å². The Labute approximate surface area is 146 Å². The molecule has 7 heteroatoms. The zero-order chi connectivity index (χ0) is 17.5. The first-order chi connectivity index (χ1) is 11.5. The summed E-state index contributed by atoms with van der Waals surface area (Å²) in [5, 5.41) is 10.7. The standard InChI is InChI=1S/C17H22ClFN4O/c1-11(2)16-9-12(24-23-16)10-22-17(20-3)21-8-7-13-14(18)5-4-6-15(13)19/h4-6,9,11H,7-8,10H2,1-3H3,(H2,20,21,22). The SMILES string of the molecule is CN=C(NCCc1c(F)cccc1Cl)NCc1cc(C(C)C)no1. The van der Waals surface area contributed by atoms with Crippen molar-refractivity contribution in [2.45, 2.75) is 32.7 Å². The summed E-state index contributed by atoms with van der Waals surface area (Å²) >= 11 is 6.01. The van der Waals surface area contributed by atoms with Gasteiger partial charge in [-0.15, -0.1) is 0 Å². The van der Waals surface area contributed by atoms with Crippen LogP contribution in [0.4, 0.5) is 4.39 Å². The van der Waals surface area contributed by atoms with Crippen LogP contribution in [-0.2, 0) is 13.0 Å². The van der Waals surface area contributed by atoms with Crippen molar-refractivity contribution < 1.29 is 8.91 Å². The van der Waals surface area contributed by atoms with Crippen LogP contribution >= 0.6 is 11.6 Å². The summed E-state index contributed by atoms with van der Waals surface area (Å²) in [5.41, 5.74) is 1.42. The Morgan fingerprint density at radius 3 is 2.79 bits per heavy atom. The average Bonchev–Trinajstić information content (AvgIpc) is 3.02. The molecule has 0 radical (unpaired) electrons. The molecular weight excluding hydrogens is 331 g/mol. The number of rotatable bonds is 6. The fraction of sp³-hybridized carbons (Fsp3) is 0.412. The highest BCUT2D eigenvalue weighted by molar-refractivity contribution is 6.31. The molecule has 0 bridgehead atoms. The van der Waals surface area contributed by atoms with Crippen molar-refractivity contribution in [2.24, 2.45) is 4.99 Å². The van der Waals surface area contributed by atoms with Gasteiger partial charge in [0.25, 0.3) is 0 Å². The van der Waals surface area contributed by atoms with Crippen LogP contribution in [0.2, 0.25) is 5.02 Å². The Balaban J connectivity index is 1.82. The normalized spacial score (nSPS) is 11.8. The number of aromatic nitrogens is 1. The summed E-state index contributed by atoms with van der Waals surface area (Å²) in [6, 6.07) is 6.61. The van der Waals surface area contributed by atoms with Gasteiger partial charge in [0.15, 0.2) is 11.7 Å². The smallest absolute Gasteiger partial charge is 0.191 e. The van der Waals surface area contributed by atoms with Crippen LogP contribution < -0.4 is 10.6 Å². The Hall–Kier alpha value is -2.08. The first-order valence-corrected chi connectivity index (χ1v) is 8.22. The van der Waals surface area contributed by atoms with Crippen molar-refractivity contribution in [1.29, 1.82) is 0 Å². The third-order valence-electron chi connectivity index (χ3n) is 3.55. The molecule has 24 heavy (non-hydrogen) atoms. The van der Waals surface area contributed by atoms with E-state index in [9.17, 15) is 4.39 Å². The molecule has 0 saturated heterocycles. The Bertz CT molecular complexity index is 679. The van der Waals surface area contributed by atoms with Crippen molar-refractivity contribution in [3.63, 3.8) is 0 Å². The maximum absolute atomic E-state index is 13.7. The number of nitrogens with one attached hydrogen (secondary N) is 2. The van der Waals surface area contributed by atoms with Crippen molar-refractivity contribution in [1.82, 2.24) is 15.8 Å². The molecule has 0 aliphatic carbocycles. The van der Waals surface area contributed by atoms with E-state index in [1.54, 1.807) is 19.2 Å². The first kappa shape index (κ1) is 18.3. The molecular formula is C17H22ClFN4O. The third kappa shape index (κ3) is 4.96. The summed E-state index contributed by atoms with van der Waals surface area (Å²) in [6.45, 7) is 5.10. The summed E-state index contributed by atoms with van der Waals surface area (Å²) in [7, 11) is 1.67. The second-order valence-corrected chi connectivity index (χ2v) is 6.08. The van der Waals surface area contributed by atoms with Gasteiger partial charge in [-0.3, -0.25) is 4.99 Å². The van der Waals surface area contributed by atoms with Crippen LogP contribution in [0.15, 0.2) is 33.8 Å². The number of hydrogen-bond donors (Lipinski definition) is 2. The lowest BCUT2D eigenvalue weighted by Crippen LogP contribution is -2.37. The zero-order valence-corrected chi connectivity index (χ0v) is 14.8. The molecule has 2 N–H and O–H groups in total. The van der Waals surface area contributed by atoms with Crippen molar-refractivity contribution in [3.05, 3.63) is 52.1 Å². The monoisotopic (exact) mass is 352 g/mol. The predicted octanol–water partition coefficient (Wildman–Crippen LogP) is 3.50. The summed E-state index contributed by atoms with van der Waals surface area (Å²) < 4.78 is 19.0. The van der Waals surface area contributed by atoms with Crippen LogP contribution in [0.25, 0.3) is 0 Å². The van der Waals surface area contributed by atoms with Gasteiger partial charge in [-0.25, -0.2) is 4.39 Å². The molecule has 0 amide bonds. The lowest BCUT2D eigenvalue weighted by Gasteiger charge is -2.11. The topological polar surface area (TPSA) is 62.5 Å². The van der Waals surface area contributed by atoms with Crippen molar-refractivity contribution in [3.8, 4) is 0 Å². The minimum Gasteiger partial charge on any atom is -0.359 e. The van der Waals surface area contributed by atoms with Crippen molar-refractivity contribution in [2.75, 3.05) is 13.6 Å². The Kier molecular flexibility index (Phi) is 6.61. The van der Waals surface area contributed by atoms with Gasteiger partial charge in [0.2, 0.25) is 0 Å². The van der Waals surface area contributed by atoms with Gasteiger partial charge in [0.05, 0.1) is 12.2 Å². The minimum absolute atomic E-state index is 0.296. The Morgan fingerprint density at radius 1 is 1.38 bits per heavy atom. The van der Waals surface area contributed by atoms with E-state index in [1.165, 1.54) is 6.07 Å². The molecule has 0 aliphatic heterocycles. The number of nitrogens with zero attached hydrogens (tertiary/aromatic N) is 2. The van der Waals surface area contributed by atoms with Gasteiger partial charge < -0.3 is 15.2 Å². The highest BCUT2D eigenvalue weighted by Crippen LogP contribution is 2.19. The van der Waals surface area contributed by atoms with E-state index in [4.69, 9.17) is 16.1 Å². The van der Waals surface area contributed by atoms with Crippen LogP contribution in [0, 0.1) is 5.82 Å². The maximum Gasteiger partial charge on any atom is 0.191 e. The minimum atomic E-state index is -0.296. The fourth-order valence-corrected chi connectivity index (χ4v) is 2.41. The molecule has 0 spiro atoms. The Morgan fingerprint density at radius 2 is 2.17 bits per heavy atom.